The van der Waals surface area contributed by atoms with E-state index >= 15 is 0 Å². The molecule has 2 aromatic carbocycles. The lowest BCUT2D eigenvalue weighted by molar-refractivity contribution is -0.121. The number of nitrogens with one attached hydrogen (secondary N) is 2. The van der Waals surface area contributed by atoms with E-state index in [-0.39, 0.29) is 12.3 Å². The molecule has 0 aliphatic carbocycles. The van der Waals surface area contributed by atoms with Crippen molar-refractivity contribution in [1.29, 1.82) is 0 Å². The van der Waals surface area contributed by atoms with E-state index in [4.69, 9.17) is 11.6 Å². The van der Waals surface area contributed by atoms with E-state index in [1.165, 1.54) is 6.07 Å². The molecule has 0 saturated carbocycles. The summed E-state index contributed by atoms with van der Waals surface area (Å²) in [5.41, 5.74) is 6.92. The molecule has 0 radical (unpaired) electrons. The quantitative estimate of drug-likeness (QED) is 0.649. The lowest BCUT2D eigenvalue weighted by atomic mass is 10.2. The number of anilines is 1. The molecule has 3 rings (SSSR count). The summed E-state index contributed by atoms with van der Waals surface area (Å²) in [6, 6.07) is 12.8. The van der Waals surface area contributed by atoms with Crippen LogP contribution in [0.4, 0.5) is 5.69 Å². The number of amides is 3. The Morgan fingerprint density at radius 3 is 2.64 bits per heavy atom. The summed E-state index contributed by atoms with van der Waals surface area (Å²) >= 11 is 5.85. The molecule has 0 aromatic heterocycles. The van der Waals surface area contributed by atoms with Crippen molar-refractivity contribution in [3.05, 3.63) is 64.7 Å². The van der Waals surface area contributed by atoms with E-state index < -0.39 is 17.9 Å². The molecule has 25 heavy (non-hydrogen) atoms. The molecule has 1 atom stereocenters. The van der Waals surface area contributed by atoms with Gasteiger partial charge < -0.3 is 0 Å². The molecule has 2 aromatic rings. The van der Waals surface area contributed by atoms with Crippen molar-refractivity contribution >= 4 is 35.0 Å². The van der Waals surface area contributed by atoms with E-state index in [9.17, 15) is 14.4 Å². The van der Waals surface area contributed by atoms with Gasteiger partial charge in [-0.05, 0) is 42.8 Å². The predicted octanol–water partition coefficient (Wildman–Crippen LogP) is 2.21. The third-order valence-electron chi connectivity index (χ3n) is 3.85. The Morgan fingerprint density at radius 2 is 1.92 bits per heavy atom. The highest BCUT2D eigenvalue weighted by Gasteiger charge is 2.39. The SMILES string of the molecule is Cc1cccc(N2C(=O)C[C@H](NNC(=O)c3cccc(Cl)c3)C2=O)c1. The van der Waals surface area contributed by atoms with Gasteiger partial charge in [0.1, 0.15) is 6.04 Å². The average molecular weight is 358 g/mol. The fourth-order valence-electron chi connectivity index (χ4n) is 2.64. The minimum Gasteiger partial charge on any atom is -0.287 e. The standard InChI is InChI=1S/C18H16ClN3O3/c1-11-4-2-7-14(8-11)22-16(23)10-15(18(22)25)20-21-17(24)12-5-3-6-13(19)9-12/h2-9,15,20H,10H2,1H3,(H,21,24)/t15-/m0/s1. The van der Waals surface area contributed by atoms with Gasteiger partial charge in [0.05, 0.1) is 12.1 Å². The second kappa shape index (κ2) is 7.04. The Balaban J connectivity index is 1.67. The molecule has 0 bridgehead atoms. The van der Waals surface area contributed by atoms with Crippen LogP contribution in [0.3, 0.4) is 0 Å². The molecule has 3 amide bonds. The van der Waals surface area contributed by atoms with E-state index in [1.807, 2.05) is 13.0 Å². The Hall–Kier alpha value is -2.70. The van der Waals surface area contributed by atoms with Gasteiger partial charge in [-0.2, -0.15) is 0 Å². The zero-order valence-electron chi connectivity index (χ0n) is 13.5. The number of carbonyl (C=O) groups excluding carboxylic acids is 3. The highest BCUT2D eigenvalue weighted by molar-refractivity contribution is 6.31. The third-order valence-corrected chi connectivity index (χ3v) is 4.09. The van der Waals surface area contributed by atoms with Crippen LogP contribution in [-0.2, 0) is 9.59 Å². The highest BCUT2D eigenvalue weighted by Crippen LogP contribution is 2.23. The van der Waals surface area contributed by atoms with Gasteiger partial charge in [-0.1, -0.05) is 29.8 Å². The Bertz CT molecular complexity index is 853. The summed E-state index contributed by atoms with van der Waals surface area (Å²) in [7, 11) is 0. The first kappa shape index (κ1) is 17.1. The van der Waals surface area contributed by atoms with Crippen LogP contribution in [0.15, 0.2) is 48.5 Å². The number of hydrazine groups is 1. The van der Waals surface area contributed by atoms with Crippen molar-refractivity contribution in [2.45, 2.75) is 19.4 Å². The fraction of sp³-hybridized carbons (Fsp3) is 0.167. The summed E-state index contributed by atoms with van der Waals surface area (Å²) in [4.78, 5) is 37.9. The Kier molecular flexibility index (Phi) is 4.83. The maximum Gasteiger partial charge on any atom is 0.265 e. The lowest BCUT2D eigenvalue weighted by Gasteiger charge is -2.16. The number of halogens is 1. The minimum absolute atomic E-state index is 0.0252. The van der Waals surface area contributed by atoms with Gasteiger partial charge in [-0.15, -0.1) is 0 Å². The first-order valence-electron chi connectivity index (χ1n) is 7.70. The first-order valence-corrected chi connectivity index (χ1v) is 8.08. The molecule has 7 heteroatoms. The fourth-order valence-corrected chi connectivity index (χ4v) is 2.83. The zero-order valence-corrected chi connectivity index (χ0v) is 14.2. The summed E-state index contributed by atoms with van der Waals surface area (Å²) in [6.07, 6.45) is -0.0252. The lowest BCUT2D eigenvalue weighted by Crippen LogP contribution is -2.48. The Morgan fingerprint density at radius 1 is 1.16 bits per heavy atom. The summed E-state index contributed by atoms with van der Waals surface area (Å²) in [5.74, 6) is -1.15. The van der Waals surface area contributed by atoms with E-state index in [2.05, 4.69) is 10.9 Å². The van der Waals surface area contributed by atoms with Crippen LogP contribution < -0.4 is 15.8 Å². The monoisotopic (exact) mass is 357 g/mol. The molecule has 1 aliphatic rings. The summed E-state index contributed by atoms with van der Waals surface area (Å²) in [6.45, 7) is 1.88. The Labute approximate surface area is 149 Å². The number of imide groups is 1. The van der Waals surface area contributed by atoms with Gasteiger partial charge in [0.15, 0.2) is 0 Å². The summed E-state index contributed by atoms with van der Waals surface area (Å²) in [5, 5.41) is 0.436. The molecule has 128 valence electrons. The van der Waals surface area contributed by atoms with Gasteiger partial charge in [0.2, 0.25) is 5.91 Å². The van der Waals surface area contributed by atoms with Crippen LogP contribution in [-0.4, -0.2) is 23.8 Å². The second-order valence-electron chi connectivity index (χ2n) is 5.77. The number of carbonyl (C=O) groups is 3. The van der Waals surface area contributed by atoms with Crippen LogP contribution in [0.1, 0.15) is 22.3 Å². The molecule has 2 N–H and O–H groups in total. The van der Waals surface area contributed by atoms with Gasteiger partial charge in [-0.3, -0.25) is 19.8 Å². The van der Waals surface area contributed by atoms with Crippen molar-refractivity contribution in [1.82, 2.24) is 10.9 Å². The van der Waals surface area contributed by atoms with Crippen molar-refractivity contribution in [2.24, 2.45) is 0 Å². The first-order chi connectivity index (χ1) is 12.0. The van der Waals surface area contributed by atoms with Crippen LogP contribution in [0.25, 0.3) is 0 Å². The van der Waals surface area contributed by atoms with Crippen LogP contribution in [0.5, 0.6) is 0 Å². The van der Waals surface area contributed by atoms with Crippen molar-refractivity contribution in [3.8, 4) is 0 Å². The van der Waals surface area contributed by atoms with E-state index in [0.717, 1.165) is 10.5 Å². The van der Waals surface area contributed by atoms with Gasteiger partial charge in [-0.25, -0.2) is 10.3 Å². The molecular weight excluding hydrogens is 342 g/mol. The average Bonchev–Trinajstić information content (AvgIpc) is 2.86. The van der Waals surface area contributed by atoms with Gasteiger partial charge >= 0.3 is 0 Å². The van der Waals surface area contributed by atoms with E-state index in [1.54, 1.807) is 36.4 Å². The van der Waals surface area contributed by atoms with Gasteiger partial charge in [0.25, 0.3) is 11.8 Å². The topological polar surface area (TPSA) is 78.5 Å². The molecule has 6 nitrogen and oxygen atoms in total. The van der Waals surface area contributed by atoms with Crippen molar-refractivity contribution < 1.29 is 14.4 Å². The molecule has 1 saturated heterocycles. The normalized spacial score (nSPS) is 17.0. The number of aryl methyl sites for hydroxylation is 1. The van der Waals surface area contributed by atoms with E-state index in [0.29, 0.717) is 16.3 Å². The second-order valence-corrected chi connectivity index (χ2v) is 6.21. The molecule has 0 unspecified atom stereocenters. The largest absolute Gasteiger partial charge is 0.287 e. The molecular formula is C18H16ClN3O3. The predicted molar refractivity (Wildman–Crippen MR) is 94.1 cm³/mol. The smallest absolute Gasteiger partial charge is 0.265 e. The van der Waals surface area contributed by atoms with Crippen LogP contribution in [0, 0.1) is 6.92 Å². The summed E-state index contributed by atoms with van der Waals surface area (Å²) < 4.78 is 0. The number of nitrogens with zero attached hydrogens (tertiary/aromatic N) is 1. The maximum absolute atomic E-state index is 12.5. The molecule has 1 heterocycles. The number of hydrogen-bond donors (Lipinski definition) is 2. The number of rotatable bonds is 4. The third kappa shape index (κ3) is 3.70. The van der Waals surface area contributed by atoms with Crippen molar-refractivity contribution in [3.63, 3.8) is 0 Å². The van der Waals surface area contributed by atoms with Crippen LogP contribution >= 0.6 is 11.6 Å². The zero-order chi connectivity index (χ0) is 18.0. The molecule has 1 fully saturated rings. The van der Waals surface area contributed by atoms with Crippen molar-refractivity contribution in [2.75, 3.05) is 4.90 Å². The highest BCUT2D eigenvalue weighted by atomic mass is 35.5. The molecule has 0 spiro atoms. The van der Waals surface area contributed by atoms with Crippen LogP contribution in [0.2, 0.25) is 5.02 Å². The van der Waals surface area contributed by atoms with Gasteiger partial charge in [0, 0.05) is 10.6 Å². The molecule has 1 aliphatic heterocycles. The number of hydrogen-bond acceptors (Lipinski definition) is 4. The number of benzene rings is 2. The minimum atomic E-state index is -0.809. The maximum atomic E-state index is 12.5.